The van der Waals surface area contributed by atoms with E-state index in [1.165, 1.54) is 34.7 Å². The first-order chi connectivity index (χ1) is 26.9. The summed E-state index contributed by atoms with van der Waals surface area (Å²) < 4.78 is 13.1. The van der Waals surface area contributed by atoms with Crippen LogP contribution in [0.5, 0.6) is 11.5 Å². The highest BCUT2D eigenvalue weighted by Gasteiger charge is 2.67. The van der Waals surface area contributed by atoms with Gasteiger partial charge in [0.05, 0.1) is 12.1 Å². The molecule has 2 bridgehead atoms. The number of aliphatic hydroxyl groups excluding tert-OH is 1. The number of piperidine rings is 1. The minimum atomic E-state index is -0.357. The van der Waals surface area contributed by atoms with Crippen LogP contribution in [0.3, 0.4) is 0 Å². The largest absolute Gasteiger partial charge is 0.483 e. The Morgan fingerprint density at radius 3 is 2.27 bits per heavy atom. The molecule has 4 aromatic carbocycles. The summed E-state index contributed by atoms with van der Waals surface area (Å²) >= 11 is 0. The van der Waals surface area contributed by atoms with Crippen molar-refractivity contribution in [3.05, 3.63) is 131 Å². The number of likely N-dealkylation sites (tertiary alicyclic amines) is 1. The van der Waals surface area contributed by atoms with Gasteiger partial charge in [0.2, 0.25) is 5.91 Å². The summed E-state index contributed by atoms with van der Waals surface area (Å²) in [6, 6.07) is 36.2. The van der Waals surface area contributed by atoms with E-state index in [1.54, 1.807) is 0 Å². The number of ether oxygens (including phenoxy) is 2. The lowest BCUT2D eigenvalue weighted by Crippen LogP contribution is -2.69. The van der Waals surface area contributed by atoms with Gasteiger partial charge in [-0.1, -0.05) is 103 Å². The fourth-order valence-electron chi connectivity index (χ4n) is 11.1. The van der Waals surface area contributed by atoms with Crippen molar-refractivity contribution in [1.29, 1.82) is 0 Å². The molecule has 1 spiro atoms. The van der Waals surface area contributed by atoms with E-state index >= 15 is 0 Å². The van der Waals surface area contributed by atoms with Crippen LogP contribution in [0.15, 0.2) is 103 Å². The highest BCUT2D eigenvalue weighted by Crippen LogP contribution is 2.64. The van der Waals surface area contributed by atoms with E-state index in [1.807, 2.05) is 6.07 Å². The molecule has 286 valence electrons. The van der Waals surface area contributed by atoms with E-state index in [2.05, 4.69) is 107 Å². The summed E-state index contributed by atoms with van der Waals surface area (Å²) in [7, 11) is 0. The van der Waals surface area contributed by atoms with Crippen LogP contribution in [0, 0.1) is 11.8 Å². The molecule has 2 aliphatic heterocycles. The molecule has 5 aliphatic rings. The van der Waals surface area contributed by atoms with Crippen molar-refractivity contribution in [2.24, 2.45) is 11.8 Å². The van der Waals surface area contributed by atoms with E-state index < -0.39 is 0 Å². The lowest BCUT2D eigenvalue weighted by atomic mass is 9.51. The number of benzene rings is 4. The second-order valence-corrected chi connectivity index (χ2v) is 16.9. The first-order valence-corrected chi connectivity index (χ1v) is 20.8. The van der Waals surface area contributed by atoms with Crippen LogP contribution in [0.4, 0.5) is 0 Å². The maximum absolute atomic E-state index is 15.0. The SMILES string of the molecule is CC(=O)Oc1ccc2c3c1O[C@H]1[C@@H](N(CC(c4ccccc4)c4ccccc4)C(=O)CCCCCc4ccccc4)CC[C@H]4[C@@H](C2)N(CC2CC2O)CC[C@@]341. The van der Waals surface area contributed by atoms with Crippen LogP contribution >= 0.6 is 0 Å². The quantitative estimate of drug-likeness (QED) is 0.0807. The molecule has 7 heteroatoms. The zero-order valence-electron chi connectivity index (χ0n) is 32.0. The van der Waals surface area contributed by atoms with Crippen molar-refractivity contribution in [1.82, 2.24) is 9.80 Å². The fraction of sp³-hybridized carbons (Fsp3) is 0.458. The molecule has 2 heterocycles. The molecule has 7 nitrogen and oxygen atoms in total. The van der Waals surface area contributed by atoms with Crippen molar-refractivity contribution < 1.29 is 24.2 Å². The van der Waals surface area contributed by atoms with Gasteiger partial charge in [0.1, 0.15) is 6.10 Å². The molecule has 7 atom stereocenters. The summed E-state index contributed by atoms with van der Waals surface area (Å²) in [4.78, 5) is 32.3. The van der Waals surface area contributed by atoms with Crippen LogP contribution in [0.2, 0.25) is 0 Å². The van der Waals surface area contributed by atoms with E-state index in [9.17, 15) is 14.7 Å². The number of unbranched alkanes of at least 4 members (excludes halogenated alkanes) is 2. The Balaban J connectivity index is 1.06. The van der Waals surface area contributed by atoms with E-state index in [4.69, 9.17) is 9.47 Å². The van der Waals surface area contributed by atoms with Gasteiger partial charge in [0.15, 0.2) is 11.5 Å². The van der Waals surface area contributed by atoms with Crippen molar-refractivity contribution in [3.8, 4) is 11.5 Å². The third-order valence-electron chi connectivity index (χ3n) is 13.7. The van der Waals surface area contributed by atoms with Gasteiger partial charge in [-0.2, -0.15) is 0 Å². The van der Waals surface area contributed by atoms with Gasteiger partial charge < -0.3 is 19.5 Å². The summed E-state index contributed by atoms with van der Waals surface area (Å²) in [5.41, 5.74) is 5.96. The Morgan fingerprint density at radius 1 is 0.909 bits per heavy atom. The van der Waals surface area contributed by atoms with Gasteiger partial charge in [0, 0.05) is 55.3 Å². The number of nitrogens with zero attached hydrogens (tertiary/aromatic N) is 2. The number of aryl methyl sites for hydroxylation is 1. The molecule has 2 unspecified atom stereocenters. The van der Waals surface area contributed by atoms with E-state index in [0.717, 1.165) is 76.6 Å². The molecule has 9 rings (SSSR count). The number of hydrogen-bond donors (Lipinski definition) is 1. The number of aliphatic hydroxyl groups is 1. The van der Waals surface area contributed by atoms with Gasteiger partial charge >= 0.3 is 5.97 Å². The number of rotatable bonds is 14. The van der Waals surface area contributed by atoms with Gasteiger partial charge in [0.25, 0.3) is 0 Å². The average Bonchev–Trinajstić information content (AvgIpc) is 3.79. The number of esters is 1. The number of amides is 1. The normalized spacial score (nSPS) is 27.3. The van der Waals surface area contributed by atoms with Gasteiger partial charge in [-0.05, 0) is 92.1 Å². The molecule has 3 fully saturated rings. The fourth-order valence-corrected chi connectivity index (χ4v) is 11.1. The number of hydrogen-bond acceptors (Lipinski definition) is 6. The Bertz CT molecular complexity index is 1950. The lowest BCUT2D eigenvalue weighted by molar-refractivity contribution is -0.143. The predicted octanol–water partition coefficient (Wildman–Crippen LogP) is 7.86. The molecule has 0 aromatic heterocycles. The minimum absolute atomic E-state index is 0.00141. The van der Waals surface area contributed by atoms with Crippen LogP contribution in [-0.4, -0.2) is 70.7 Å². The summed E-state index contributed by atoms with van der Waals surface area (Å²) in [6.07, 6.45) is 8.60. The molecule has 3 aliphatic carbocycles. The predicted molar refractivity (Wildman–Crippen MR) is 213 cm³/mol. The Labute approximate surface area is 325 Å². The summed E-state index contributed by atoms with van der Waals surface area (Å²) in [6.45, 7) is 3.88. The molecule has 2 saturated carbocycles. The third kappa shape index (κ3) is 6.88. The second kappa shape index (κ2) is 15.2. The molecule has 1 saturated heterocycles. The highest BCUT2D eigenvalue weighted by atomic mass is 16.6. The van der Waals surface area contributed by atoms with Gasteiger partial charge in [-0.15, -0.1) is 0 Å². The first kappa shape index (κ1) is 36.2. The molecular formula is C48H54N2O5. The molecule has 1 N–H and O–H groups in total. The van der Waals surface area contributed by atoms with Crippen molar-refractivity contribution in [2.45, 2.75) is 107 Å². The molecule has 1 amide bonds. The lowest BCUT2D eigenvalue weighted by Gasteiger charge is -2.60. The number of carbonyl (C=O) groups is 2. The van der Waals surface area contributed by atoms with Crippen molar-refractivity contribution >= 4 is 11.9 Å². The van der Waals surface area contributed by atoms with Crippen LogP contribution in [0.25, 0.3) is 0 Å². The second-order valence-electron chi connectivity index (χ2n) is 16.9. The third-order valence-corrected chi connectivity index (χ3v) is 13.7. The Kier molecular flexibility index (Phi) is 10.0. The standard InChI is InChI=1S/C48H54N2O5/c1-32(51)54-43-25-22-36-28-41-39-23-24-40(47-48(39,45(36)46(43)55-47)26-27-49(41)30-37-29-42(37)52)50(44(53)21-13-3-8-16-33-14-6-2-7-15-33)31-38(34-17-9-4-10-18-34)35-19-11-5-12-20-35/h2,4-7,9-12,14-15,17-20,22,25,37-42,47,52H,3,8,13,16,21,23-24,26-31H2,1H3/t37?,39-,40-,41+,42?,47-,48-/m0/s1. The smallest absolute Gasteiger partial charge is 0.308 e. The zero-order chi connectivity index (χ0) is 37.5. The van der Waals surface area contributed by atoms with Crippen molar-refractivity contribution in [3.63, 3.8) is 0 Å². The molecule has 0 radical (unpaired) electrons. The molecular weight excluding hydrogens is 685 g/mol. The maximum Gasteiger partial charge on any atom is 0.308 e. The van der Waals surface area contributed by atoms with E-state index in [0.29, 0.717) is 36.6 Å². The maximum atomic E-state index is 15.0. The van der Waals surface area contributed by atoms with E-state index in [-0.39, 0.29) is 41.5 Å². The van der Waals surface area contributed by atoms with Crippen molar-refractivity contribution in [2.75, 3.05) is 19.6 Å². The van der Waals surface area contributed by atoms with Gasteiger partial charge in [-0.25, -0.2) is 0 Å². The van der Waals surface area contributed by atoms with Gasteiger partial charge in [-0.3, -0.25) is 14.5 Å². The number of carbonyl (C=O) groups excluding carboxylic acids is 2. The molecule has 55 heavy (non-hydrogen) atoms. The zero-order valence-corrected chi connectivity index (χ0v) is 32.0. The van der Waals surface area contributed by atoms with Crippen LogP contribution in [0.1, 0.15) is 92.0 Å². The molecule has 4 aromatic rings. The summed E-state index contributed by atoms with van der Waals surface area (Å²) in [5, 5.41) is 10.3. The average molecular weight is 739 g/mol. The Hall–Kier alpha value is -4.46. The highest BCUT2D eigenvalue weighted by molar-refractivity contribution is 5.77. The van der Waals surface area contributed by atoms with Crippen LogP contribution < -0.4 is 9.47 Å². The van der Waals surface area contributed by atoms with Crippen LogP contribution in [-0.2, 0) is 27.8 Å². The minimum Gasteiger partial charge on any atom is -0.483 e. The first-order valence-electron chi connectivity index (χ1n) is 20.8. The topological polar surface area (TPSA) is 79.3 Å². The Morgan fingerprint density at radius 2 is 1.60 bits per heavy atom. The monoisotopic (exact) mass is 738 g/mol. The summed E-state index contributed by atoms with van der Waals surface area (Å²) in [5.74, 6) is 1.77.